The van der Waals surface area contributed by atoms with E-state index in [1.165, 1.54) is 11.1 Å². The number of nitrogens with one attached hydrogen (secondary N) is 1. The van der Waals surface area contributed by atoms with E-state index in [-0.39, 0.29) is 11.4 Å². The first-order valence-corrected chi connectivity index (χ1v) is 7.16. The molecule has 3 nitrogen and oxygen atoms in total. The van der Waals surface area contributed by atoms with E-state index in [0.29, 0.717) is 6.54 Å². The number of aryl methyl sites for hydroxylation is 1. The summed E-state index contributed by atoms with van der Waals surface area (Å²) in [5.74, 6) is 0.232. The molecule has 1 N–H and O–H groups in total. The van der Waals surface area contributed by atoms with Crippen molar-refractivity contribution in [2.45, 2.75) is 45.7 Å². The third kappa shape index (κ3) is 2.98. The van der Waals surface area contributed by atoms with E-state index in [0.717, 1.165) is 25.9 Å². The summed E-state index contributed by atoms with van der Waals surface area (Å²) in [6.07, 6.45) is 2.03. The van der Waals surface area contributed by atoms with Crippen LogP contribution in [-0.4, -0.2) is 29.4 Å². The SMILES string of the molecule is CCN(Cc1ccccc1C)C(=O)C1(C)CCCN1. The second-order valence-corrected chi connectivity index (χ2v) is 5.61. The smallest absolute Gasteiger partial charge is 0.242 e. The molecule has 1 heterocycles. The lowest BCUT2D eigenvalue weighted by atomic mass is 9.97. The summed E-state index contributed by atoms with van der Waals surface area (Å²) >= 11 is 0. The van der Waals surface area contributed by atoms with Crippen molar-refractivity contribution in [3.8, 4) is 0 Å². The van der Waals surface area contributed by atoms with Gasteiger partial charge < -0.3 is 10.2 Å². The summed E-state index contributed by atoms with van der Waals surface area (Å²) in [7, 11) is 0. The van der Waals surface area contributed by atoms with Gasteiger partial charge >= 0.3 is 0 Å². The minimum Gasteiger partial charge on any atom is -0.337 e. The Morgan fingerprint density at radius 2 is 2.16 bits per heavy atom. The van der Waals surface area contributed by atoms with Gasteiger partial charge in [-0.15, -0.1) is 0 Å². The van der Waals surface area contributed by atoms with Gasteiger partial charge in [0.2, 0.25) is 5.91 Å². The summed E-state index contributed by atoms with van der Waals surface area (Å²) in [4.78, 5) is 14.6. The Balaban J connectivity index is 2.12. The average Bonchev–Trinajstić information content (AvgIpc) is 2.85. The van der Waals surface area contributed by atoms with Gasteiger partial charge in [0.1, 0.15) is 0 Å². The van der Waals surface area contributed by atoms with Crippen LogP contribution in [0.4, 0.5) is 0 Å². The first-order chi connectivity index (χ1) is 9.07. The summed E-state index contributed by atoms with van der Waals surface area (Å²) in [5.41, 5.74) is 2.12. The zero-order chi connectivity index (χ0) is 13.9. The minimum absolute atomic E-state index is 0.232. The van der Waals surface area contributed by atoms with E-state index in [1.54, 1.807) is 0 Å². The van der Waals surface area contributed by atoms with Crippen molar-refractivity contribution in [1.29, 1.82) is 0 Å². The Hall–Kier alpha value is -1.35. The highest BCUT2D eigenvalue weighted by molar-refractivity contribution is 5.86. The van der Waals surface area contributed by atoms with Crippen molar-refractivity contribution >= 4 is 5.91 Å². The number of carbonyl (C=O) groups excluding carboxylic acids is 1. The molecule has 0 aromatic heterocycles. The molecule has 1 aromatic rings. The molecule has 1 aromatic carbocycles. The van der Waals surface area contributed by atoms with E-state index in [1.807, 2.05) is 24.0 Å². The number of rotatable bonds is 4. The van der Waals surface area contributed by atoms with Gasteiger partial charge in [0, 0.05) is 13.1 Å². The van der Waals surface area contributed by atoms with E-state index >= 15 is 0 Å². The maximum atomic E-state index is 12.7. The average molecular weight is 260 g/mol. The molecular formula is C16H24N2O. The lowest BCUT2D eigenvalue weighted by Gasteiger charge is -2.31. The van der Waals surface area contributed by atoms with Crippen molar-refractivity contribution < 1.29 is 4.79 Å². The molecule has 19 heavy (non-hydrogen) atoms. The van der Waals surface area contributed by atoms with Crippen LogP contribution < -0.4 is 5.32 Å². The second-order valence-electron chi connectivity index (χ2n) is 5.61. The van der Waals surface area contributed by atoms with Gasteiger partial charge in [-0.05, 0) is 51.3 Å². The maximum Gasteiger partial charge on any atom is 0.242 e. The lowest BCUT2D eigenvalue weighted by molar-refractivity contribution is -0.137. The van der Waals surface area contributed by atoms with Crippen LogP contribution in [0.25, 0.3) is 0 Å². The van der Waals surface area contributed by atoms with Gasteiger partial charge in [0.15, 0.2) is 0 Å². The minimum atomic E-state index is -0.362. The first kappa shape index (κ1) is 14.1. The number of amides is 1. The number of likely N-dealkylation sites (N-methyl/N-ethyl adjacent to an activating group) is 1. The fourth-order valence-electron chi connectivity index (χ4n) is 2.75. The molecule has 0 aliphatic carbocycles. The molecule has 3 heteroatoms. The van der Waals surface area contributed by atoms with Crippen molar-refractivity contribution in [2.24, 2.45) is 0 Å². The standard InChI is InChI=1S/C16H24N2O/c1-4-18(12-14-9-6-5-8-13(14)2)15(19)16(3)10-7-11-17-16/h5-6,8-9,17H,4,7,10-12H2,1-3H3. The quantitative estimate of drug-likeness (QED) is 0.902. The van der Waals surface area contributed by atoms with Gasteiger partial charge in [0.05, 0.1) is 5.54 Å². The van der Waals surface area contributed by atoms with Crippen LogP contribution in [0.15, 0.2) is 24.3 Å². The Morgan fingerprint density at radius 3 is 2.74 bits per heavy atom. The van der Waals surface area contributed by atoms with Crippen LogP contribution in [0.3, 0.4) is 0 Å². The molecule has 1 aliphatic rings. The van der Waals surface area contributed by atoms with E-state index < -0.39 is 0 Å². The molecule has 1 atom stereocenters. The number of hydrogen-bond acceptors (Lipinski definition) is 2. The van der Waals surface area contributed by atoms with Crippen LogP contribution in [-0.2, 0) is 11.3 Å². The lowest BCUT2D eigenvalue weighted by Crippen LogP contribution is -2.52. The molecule has 0 saturated carbocycles. The van der Waals surface area contributed by atoms with Crippen molar-refractivity contribution in [2.75, 3.05) is 13.1 Å². The third-order valence-corrected chi connectivity index (χ3v) is 4.13. The monoisotopic (exact) mass is 260 g/mol. The maximum absolute atomic E-state index is 12.7. The topological polar surface area (TPSA) is 32.3 Å². The highest BCUT2D eigenvalue weighted by Crippen LogP contribution is 2.22. The highest BCUT2D eigenvalue weighted by atomic mass is 16.2. The zero-order valence-corrected chi connectivity index (χ0v) is 12.2. The Kier molecular flexibility index (Phi) is 4.25. The molecule has 1 unspecified atom stereocenters. The fourth-order valence-corrected chi connectivity index (χ4v) is 2.75. The van der Waals surface area contributed by atoms with Gasteiger partial charge in [-0.2, -0.15) is 0 Å². The predicted molar refractivity (Wildman–Crippen MR) is 77.9 cm³/mol. The molecular weight excluding hydrogens is 236 g/mol. The fraction of sp³-hybridized carbons (Fsp3) is 0.562. The Bertz CT molecular complexity index is 450. The number of carbonyl (C=O) groups is 1. The highest BCUT2D eigenvalue weighted by Gasteiger charge is 2.38. The zero-order valence-electron chi connectivity index (χ0n) is 12.2. The van der Waals surface area contributed by atoms with Gasteiger partial charge in [-0.25, -0.2) is 0 Å². The number of benzene rings is 1. The molecule has 1 amide bonds. The van der Waals surface area contributed by atoms with E-state index in [9.17, 15) is 4.79 Å². The summed E-state index contributed by atoms with van der Waals surface area (Å²) in [6.45, 7) is 8.59. The molecule has 1 fully saturated rings. The molecule has 1 aliphatic heterocycles. The van der Waals surface area contributed by atoms with Crippen molar-refractivity contribution in [1.82, 2.24) is 10.2 Å². The van der Waals surface area contributed by atoms with Gasteiger partial charge in [-0.3, -0.25) is 4.79 Å². The summed E-state index contributed by atoms with van der Waals surface area (Å²) < 4.78 is 0. The van der Waals surface area contributed by atoms with Crippen molar-refractivity contribution in [3.63, 3.8) is 0 Å². The first-order valence-electron chi connectivity index (χ1n) is 7.16. The van der Waals surface area contributed by atoms with E-state index in [4.69, 9.17) is 0 Å². The van der Waals surface area contributed by atoms with Crippen molar-refractivity contribution in [3.05, 3.63) is 35.4 Å². The van der Waals surface area contributed by atoms with Gasteiger partial charge in [0.25, 0.3) is 0 Å². The molecule has 2 rings (SSSR count). The normalized spacial score (nSPS) is 22.5. The Labute approximate surface area is 116 Å². The molecule has 0 radical (unpaired) electrons. The van der Waals surface area contributed by atoms with Crippen LogP contribution in [0, 0.1) is 6.92 Å². The van der Waals surface area contributed by atoms with E-state index in [2.05, 4.69) is 31.3 Å². The largest absolute Gasteiger partial charge is 0.337 e. The predicted octanol–water partition coefficient (Wildman–Crippen LogP) is 2.49. The number of nitrogens with zero attached hydrogens (tertiary/aromatic N) is 1. The van der Waals surface area contributed by atoms with Crippen LogP contribution in [0.1, 0.15) is 37.8 Å². The molecule has 1 saturated heterocycles. The molecule has 104 valence electrons. The third-order valence-electron chi connectivity index (χ3n) is 4.13. The van der Waals surface area contributed by atoms with Gasteiger partial charge in [-0.1, -0.05) is 24.3 Å². The molecule has 0 spiro atoms. The summed E-state index contributed by atoms with van der Waals surface area (Å²) in [6, 6.07) is 8.28. The number of hydrogen-bond donors (Lipinski definition) is 1. The Morgan fingerprint density at radius 1 is 1.42 bits per heavy atom. The van der Waals surface area contributed by atoms with Crippen LogP contribution in [0.2, 0.25) is 0 Å². The second kappa shape index (κ2) is 5.74. The molecule has 0 bridgehead atoms. The van der Waals surface area contributed by atoms with Crippen LogP contribution in [0.5, 0.6) is 0 Å². The van der Waals surface area contributed by atoms with Crippen LogP contribution >= 0.6 is 0 Å². The summed E-state index contributed by atoms with van der Waals surface area (Å²) in [5, 5.41) is 3.36.